The van der Waals surface area contributed by atoms with Crippen LogP contribution in [0.4, 0.5) is 10.5 Å². The van der Waals surface area contributed by atoms with Crippen LogP contribution in [-0.4, -0.2) is 44.0 Å². The van der Waals surface area contributed by atoms with Gasteiger partial charge in [-0.1, -0.05) is 0 Å². The molecule has 1 rings (SSSR count). The van der Waals surface area contributed by atoms with Crippen LogP contribution in [0.1, 0.15) is 6.42 Å². The first-order valence-electron chi connectivity index (χ1n) is 6.10. The van der Waals surface area contributed by atoms with E-state index in [1.807, 2.05) is 0 Å². The van der Waals surface area contributed by atoms with Gasteiger partial charge in [-0.05, 0) is 30.7 Å². The fraction of sp³-hybridized carbons (Fsp3) is 0.385. The Balaban J connectivity index is 2.33. The molecule has 20 heavy (non-hydrogen) atoms. The summed E-state index contributed by atoms with van der Waals surface area (Å²) in [6.07, 6.45) is 0.742. The molecule has 7 nitrogen and oxygen atoms in total. The molecular formula is C13H18N2O5. The second-order valence-corrected chi connectivity index (χ2v) is 3.93. The summed E-state index contributed by atoms with van der Waals surface area (Å²) in [6, 6.07) is 6.13. The fourth-order valence-electron chi connectivity index (χ4n) is 1.37. The topological polar surface area (TPSA) is 96.9 Å². The number of methoxy groups -OCH3 is 1. The van der Waals surface area contributed by atoms with E-state index in [0.29, 0.717) is 24.6 Å². The van der Waals surface area contributed by atoms with Gasteiger partial charge in [0, 0.05) is 25.9 Å². The number of nitrogens with one attached hydrogen (secondary N) is 2. The summed E-state index contributed by atoms with van der Waals surface area (Å²) in [5, 5.41) is 13.8. The highest BCUT2D eigenvalue weighted by Crippen LogP contribution is 2.15. The second kappa shape index (κ2) is 8.76. The van der Waals surface area contributed by atoms with Crippen molar-refractivity contribution in [3.63, 3.8) is 0 Å². The number of rotatable bonds is 8. The molecule has 0 saturated heterocycles. The lowest BCUT2D eigenvalue weighted by molar-refractivity contribution is -0.139. The molecule has 0 radical (unpaired) electrons. The quantitative estimate of drug-likeness (QED) is 0.625. The number of aliphatic carboxylic acids is 1. The van der Waals surface area contributed by atoms with Gasteiger partial charge in [0.2, 0.25) is 0 Å². The summed E-state index contributed by atoms with van der Waals surface area (Å²) in [6.45, 7) is 0.724. The Morgan fingerprint density at radius 1 is 1.25 bits per heavy atom. The lowest BCUT2D eigenvalue weighted by Crippen LogP contribution is -2.29. The van der Waals surface area contributed by atoms with E-state index in [9.17, 15) is 9.59 Å². The molecular weight excluding hydrogens is 264 g/mol. The highest BCUT2D eigenvalue weighted by Gasteiger charge is 2.02. The molecule has 3 N–H and O–H groups in total. The molecule has 1 aromatic carbocycles. The van der Waals surface area contributed by atoms with Gasteiger partial charge in [-0.15, -0.1) is 0 Å². The number of amides is 2. The van der Waals surface area contributed by atoms with Crippen molar-refractivity contribution in [1.29, 1.82) is 0 Å². The van der Waals surface area contributed by atoms with Gasteiger partial charge < -0.3 is 25.2 Å². The van der Waals surface area contributed by atoms with Crippen molar-refractivity contribution in [2.24, 2.45) is 0 Å². The average Bonchev–Trinajstić information content (AvgIpc) is 2.43. The summed E-state index contributed by atoms with van der Waals surface area (Å²) in [7, 11) is 1.61. The Labute approximate surface area is 116 Å². The minimum Gasteiger partial charge on any atom is -0.482 e. The minimum absolute atomic E-state index is 0.305. The van der Waals surface area contributed by atoms with E-state index in [-0.39, 0.29) is 6.03 Å². The van der Waals surface area contributed by atoms with Crippen LogP contribution in [0.15, 0.2) is 24.3 Å². The third kappa shape index (κ3) is 6.60. The zero-order valence-electron chi connectivity index (χ0n) is 11.2. The number of ether oxygens (including phenoxy) is 2. The standard InChI is InChI=1S/C13H18N2O5/c1-19-8-2-7-14-13(18)15-10-3-5-11(6-4-10)20-9-12(16)17/h3-6H,2,7-9H2,1H3,(H,16,17)(H2,14,15,18). The van der Waals surface area contributed by atoms with Crippen molar-refractivity contribution in [2.75, 3.05) is 32.2 Å². The van der Waals surface area contributed by atoms with Gasteiger partial charge in [0.25, 0.3) is 0 Å². The highest BCUT2D eigenvalue weighted by atomic mass is 16.5. The molecule has 0 fully saturated rings. The van der Waals surface area contributed by atoms with Crippen molar-refractivity contribution in [2.45, 2.75) is 6.42 Å². The van der Waals surface area contributed by atoms with Gasteiger partial charge in [0.05, 0.1) is 0 Å². The Morgan fingerprint density at radius 2 is 1.95 bits per heavy atom. The Kier molecular flexibility index (Phi) is 6.91. The van der Waals surface area contributed by atoms with Gasteiger partial charge in [-0.2, -0.15) is 0 Å². The zero-order chi connectivity index (χ0) is 14.8. The molecule has 7 heteroatoms. The van der Waals surface area contributed by atoms with Crippen LogP contribution in [0, 0.1) is 0 Å². The molecule has 0 spiro atoms. The molecule has 2 amide bonds. The average molecular weight is 282 g/mol. The number of benzene rings is 1. The number of carboxylic acids is 1. The maximum Gasteiger partial charge on any atom is 0.341 e. The van der Waals surface area contributed by atoms with Crippen molar-refractivity contribution in [1.82, 2.24) is 5.32 Å². The molecule has 0 saturated carbocycles. The molecule has 0 heterocycles. The van der Waals surface area contributed by atoms with Gasteiger partial charge in [0.15, 0.2) is 6.61 Å². The van der Waals surface area contributed by atoms with E-state index in [0.717, 1.165) is 6.42 Å². The normalized spacial score (nSPS) is 9.85. The maximum atomic E-state index is 11.5. The lowest BCUT2D eigenvalue weighted by Gasteiger charge is -2.08. The number of hydrogen-bond acceptors (Lipinski definition) is 4. The van der Waals surface area contributed by atoms with Crippen LogP contribution in [-0.2, 0) is 9.53 Å². The van der Waals surface area contributed by atoms with Gasteiger partial charge >= 0.3 is 12.0 Å². The third-order valence-electron chi connectivity index (χ3n) is 2.29. The summed E-state index contributed by atoms with van der Waals surface area (Å²) in [4.78, 5) is 21.8. The molecule has 0 aliphatic heterocycles. The monoisotopic (exact) mass is 282 g/mol. The molecule has 0 aliphatic carbocycles. The highest BCUT2D eigenvalue weighted by molar-refractivity contribution is 5.89. The van der Waals surface area contributed by atoms with E-state index in [1.54, 1.807) is 31.4 Å². The number of carbonyl (C=O) groups is 2. The van der Waals surface area contributed by atoms with Crippen molar-refractivity contribution in [3.05, 3.63) is 24.3 Å². The second-order valence-electron chi connectivity index (χ2n) is 3.93. The van der Waals surface area contributed by atoms with E-state index in [4.69, 9.17) is 14.6 Å². The first-order valence-corrected chi connectivity index (χ1v) is 6.10. The van der Waals surface area contributed by atoms with Crippen LogP contribution < -0.4 is 15.4 Å². The van der Waals surface area contributed by atoms with Crippen LogP contribution in [0.25, 0.3) is 0 Å². The molecule has 1 aromatic rings. The Morgan fingerprint density at radius 3 is 2.55 bits per heavy atom. The van der Waals surface area contributed by atoms with Gasteiger partial charge in [-0.25, -0.2) is 9.59 Å². The smallest absolute Gasteiger partial charge is 0.341 e. The van der Waals surface area contributed by atoms with Crippen LogP contribution in [0.3, 0.4) is 0 Å². The third-order valence-corrected chi connectivity index (χ3v) is 2.29. The van der Waals surface area contributed by atoms with E-state index in [1.165, 1.54) is 0 Å². The SMILES string of the molecule is COCCCNC(=O)Nc1ccc(OCC(=O)O)cc1. The largest absolute Gasteiger partial charge is 0.482 e. The summed E-state index contributed by atoms with van der Waals surface area (Å²) < 4.78 is 9.84. The first kappa shape index (κ1) is 15.8. The van der Waals surface area contributed by atoms with Crippen LogP contribution >= 0.6 is 0 Å². The Bertz CT molecular complexity index is 433. The van der Waals surface area contributed by atoms with Crippen LogP contribution in [0.5, 0.6) is 5.75 Å². The van der Waals surface area contributed by atoms with Crippen molar-refractivity contribution in [3.8, 4) is 5.75 Å². The number of carboxylic acid groups (broad SMARTS) is 1. The predicted molar refractivity (Wildman–Crippen MR) is 73.1 cm³/mol. The molecule has 0 atom stereocenters. The predicted octanol–water partition coefficient (Wildman–Crippen LogP) is 1.31. The van der Waals surface area contributed by atoms with Crippen LogP contribution in [0.2, 0.25) is 0 Å². The molecule has 0 aromatic heterocycles. The molecule has 0 bridgehead atoms. The maximum absolute atomic E-state index is 11.5. The van der Waals surface area contributed by atoms with Crippen molar-refractivity contribution >= 4 is 17.7 Å². The number of hydrogen-bond donors (Lipinski definition) is 3. The summed E-state index contributed by atoms with van der Waals surface area (Å²) >= 11 is 0. The zero-order valence-corrected chi connectivity index (χ0v) is 11.2. The van der Waals surface area contributed by atoms with E-state index < -0.39 is 12.6 Å². The minimum atomic E-state index is -1.04. The molecule has 0 unspecified atom stereocenters. The number of urea groups is 1. The van der Waals surface area contributed by atoms with Gasteiger partial charge in [0.1, 0.15) is 5.75 Å². The molecule has 110 valence electrons. The van der Waals surface area contributed by atoms with Gasteiger partial charge in [-0.3, -0.25) is 0 Å². The fourth-order valence-corrected chi connectivity index (χ4v) is 1.37. The first-order chi connectivity index (χ1) is 9.61. The number of carbonyl (C=O) groups excluding carboxylic acids is 1. The number of anilines is 1. The van der Waals surface area contributed by atoms with E-state index >= 15 is 0 Å². The molecule has 0 aliphatic rings. The lowest BCUT2D eigenvalue weighted by atomic mass is 10.3. The Hall–Kier alpha value is -2.28. The summed E-state index contributed by atoms with van der Waals surface area (Å²) in [5.41, 5.74) is 0.594. The van der Waals surface area contributed by atoms with E-state index in [2.05, 4.69) is 10.6 Å². The summed E-state index contributed by atoms with van der Waals surface area (Å²) in [5.74, 6) is -0.610. The van der Waals surface area contributed by atoms with Crippen molar-refractivity contribution < 1.29 is 24.2 Å².